The summed E-state index contributed by atoms with van der Waals surface area (Å²) in [6.07, 6.45) is 5.36. The number of carboxylic acid groups (broad SMARTS) is 1. The lowest BCUT2D eigenvalue weighted by Crippen LogP contribution is -2.46. The van der Waals surface area contributed by atoms with Crippen LogP contribution >= 0.6 is 11.5 Å². The smallest absolute Gasteiger partial charge is 0.326 e. The van der Waals surface area contributed by atoms with Crippen molar-refractivity contribution in [1.82, 2.24) is 14.5 Å². The molecule has 2 fully saturated rings. The van der Waals surface area contributed by atoms with E-state index in [1.165, 1.54) is 0 Å². The Labute approximate surface area is 127 Å². The molecule has 114 valence electrons. The van der Waals surface area contributed by atoms with Crippen LogP contribution in [0.25, 0.3) is 0 Å². The number of rotatable bonds is 3. The average Bonchev–Trinajstić information content (AvgIpc) is 3.10. The highest BCUT2D eigenvalue weighted by Crippen LogP contribution is 2.40. The van der Waals surface area contributed by atoms with Crippen molar-refractivity contribution in [2.75, 3.05) is 0 Å². The van der Waals surface area contributed by atoms with Crippen LogP contribution in [0.3, 0.4) is 0 Å². The molecule has 3 rings (SSSR count). The largest absolute Gasteiger partial charge is 0.480 e. The lowest BCUT2D eigenvalue weighted by atomic mass is 9.84. The van der Waals surface area contributed by atoms with Crippen molar-refractivity contribution in [3.05, 3.63) is 10.6 Å². The first-order valence-corrected chi connectivity index (χ1v) is 8.27. The summed E-state index contributed by atoms with van der Waals surface area (Å²) in [6, 6.07) is -0.628. The van der Waals surface area contributed by atoms with Crippen molar-refractivity contribution in [3.63, 3.8) is 0 Å². The lowest BCUT2D eigenvalue weighted by molar-refractivity contribution is -0.141. The number of likely N-dealkylation sites (tertiary alicyclic amines) is 1. The summed E-state index contributed by atoms with van der Waals surface area (Å²) in [6.45, 7) is 1.93. The van der Waals surface area contributed by atoms with E-state index in [1.807, 2.05) is 6.92 Å². The second kappa shape index (κ2) is 5.71. The predicted octanol–water partition coefficient (Wildman–Crippen LogP) is 1.96. The van der Waals surface area contributed by atoms with Crippen LogP contribution in [0.1, 0.15) is 54.4 Å². The van der Waals surface area contributed by atoms with E-state index >= 15 is 0 Å². The summed E-state index contributed by atoms with van der Waals surface area (Å²) >= 11 is 1.08. The fourth-order valence-corrected chi connectivity index (χ4v) is 4.39. The molecule has 0 unspecified atom stereocenters. The minimum atomic E-state index is -0.895. The third kappa shape index (κ3) is 2.43. The van der Waals surface area contributed by atoms with Crippen LogP contribution < -0.4 is 0 Å². The topological polar surface area (TPSA) is 83.4 Å². The number of hydrogen-bond donors (Lipinski definition) is 1. The molecule has 1 saturated heterocycles. The monoisotopic (exact) mass is 309 g/mol. The molecule has 0 aromatic carbocycles. The van der Waals surface area contributed by atoms with E-state index in [2.05, 4.69) is 9.59 Å². The van der Waals surface area contributed by atoms with Gasteiger partial charge in [0.15, 0.2) is 0 Å². The molecule has 1 saturated carbocycles. The zero-order valence-corrected chi connectivity index (χ0v) is 12.8. The Morgan fingerprint density at radius 3 is 2.86 bits per heavy atom. The van der Waals surface area contributed by atoms with Gasteiger partial charge in [-0.15, -0.1) is 5.10 Å². The van der Waals surface area contributed by atoms with Crippen LogP contribution in [-0.4, -0.2) is 43.6 Å². The summed E-state index contributed by atoms with van der Waals surface area (Å²) in [5.74, 6) is -0.758. The van der Waals surface area contributed by atoms with Gasteiger partial charge in [-0.1, -0.05) is 24.3 Å². The molecular formula is C14H19N3O3S. The van der Waals surface area contributed by atoms with E-state index in [9.17, 15) is 14.7 Å². The number of aromatic nitrogens is 2. The van der Waals surface area contributed by atoms with E-state index < -0.39 is 12.0 Å². The molecule has 2 aliphatic rings. The Kier molecular flexibility index (Phi) is 3.93. The molecule has 1 aromatic heterocycles. The molecule has 1 N–H and O–H groups in total. The number of aryl methyl sites for hydroxylation is 1. The SMILES string of the molecule is CCc1nnsc1C(=O)N1[C@@H]2CCCC[C@H]2C[C@H]1C(=O)O. The fourth-order valence-electron chi connectivity index (χ4n) is 3.69. The van der Waals surface area contributed by atoms with Gasteiger partial charge in [-0.2, -0.15) is 0 Å². The zero-order chi connectivity index (χ0) is 15.0. The third-order valence-corrected chi connectivity index (χ3v) is 5.45. The van der Waals surface area contributed by atoms with Gasteiger partial charge in [0.1, 0.15) is 10.9 Å². The minimum Gasteiger partial charge on any atom is -0.480 e. The molecular weight excluding hydrogens is 290 g/mol. The maximum Gasteiger partial charge on any atom is 0.326 e. The second-order valence-corrected chi connectivity index (χ2v) is 6.57. The normalized spacial score (nSPS) is 28.4. The van der Waals surface area contributed by atoms with Crippen LogP contribution in [-0.2, 0) is 11.2 Å². The molecule has 21 heavy (non-hydrogen) atoms. The molecule has 7 heteroatoms. The number of amides is 1. The fraction of sp³-hybridized carbons (Fsp3) is 0.714. The van der Waals surface area contributed by atoms with Gasteiger partial charge in [0.25, 0.3) is 5.91 Å². The van der Waals surface area contributed by atoms with Crippen LogP contribution in [0.15, 0.2) is 0 Å². The van der Waals surface area contributed by atoms with E-state index in [0.717, 1.165) is 37.2 Å². The second-order valence-electron chi connectivity index (χ2n) is 5.82. The Balaban J connectivity index is 1.93. The average molecular weight is 309 g/mol. The number of hydrogen-bond acceptors (Lipinski definition) is 5. The molecule has 2 heterocycles. The Morgan fingerprint density at radius 1 is 1.38 bits per heavy atom. The number of carbonyl (C=O) groups excluding carboxylic acids is 1. The van der Waals surface area contributed by atoms with Crippen molar-refractivity contribution < 1.29 is 14.7 Å². The van der Waals surface area contributed by atoms with Gasteiger partial charge in [-0.05, 0) is 43.1 Å². The molecule has 0 bridgehead atoms. The van der Waals surface area contributed by atoms with Crippen LogP contribution in [0.2, 0.25) is 0 Å². The molecule has 3 atom stereocenters. The summed E-state index contributed by atoms with van der Waals surface area (Å²) in [5, 5.41) is 13.5. The van der Waals surface area contributed by atoms with Gasteiger partial charge in [-0.3, -0.25) is 4.79 Å². The maximum atomic E-state index is 12.9. The Morgan fingerprint density at radius 2 is 2.14 bits per heavy atom. The number of nitrogens with zero attached hydrogens (tertiary/aromatic N) is 3. The van der Waals surface area contributed by atoms with Crippen molar-refractivity contribution in [3.8, 4) is 0 Å². The van der Waals surface area contributed by atoms with E-state index in [4.69, 9.17) is 0 Å². The summed E-state index contributed by atoms with van der Waals surface area (Å²) in [5.41, 5.74) is 0.674. The molecule has 1 aliphatic heterocycles. The number of carbonyl (C=O) groups is 2. The molecule has 0 radical (unpaired) electrons. The number of carboxylic acids is 1. The van der Waals surface area contributed by atoms with Crippen molar-refractivity contribution in [2.24, 2.45) is 5.92 Å². The Hall–Kier alpha value is -1.50. The molecule has 1 amide bonds. The first-order chi connectivity index (χ1) is 10.1. The van der Waals surface area contributed by atoms with Gasteiger partial charge in [-0.25, -0.2) is 4.79 Å². The molecule has 1 aromatic rings. The quantitative estimate of drug-likeness (QED) is 0.922. The third-order valence-electron chi connectivity index (χ3n) is 4.69. The number of aliphatic carboxylic acids is 1. The van der Waals surface area contributed by atoms with Gasteiger partial charge in [0.2, 0.25) is 0 Å². The van der Waals surface area contributed by atoms with Crippen LogP contribution in [0.4, 0.5) is 0 Å². The highest BCUT2D eigenvalue weighted by atomic mass is 32.1. The maximum absolute atomic E-state index is 12.9. The summed E-state index contributed by atoms with van der Waals surface area (Å²) < 4.78 is 3.86. The minimum absolute atomic E-state index is 0.0687. The zero-order valence-electron chi connectivity index (χ0n) is 12.0. The van der Waals surface area contributed by atoms with E-state index in [-0.39, 0.29) is 11.9 Å². The standard InChI is InChI=1S/C14H19N3O3S/c1-2-9-12(21-16-15-9)13(18)17-10-6-4-3-5-8(10)7-11(17)14(19)20/h8,10-11H,2-7H2,1H3,(H,19,20)/t8-,10+,11-/m0/s1. The van der Waals surface area contributed by atoms with Gasteiger partial charge in [0, 0.05) is 6.04 Å². The predicted molar refractivity (Wildman–Crippen MR) is 77.2 cm³/mol. The molecule has 0 spiro atoms. The van der Waals surface area contributed by atoms with Crippen LogP contribution in [0, 0.1) is 5.92 Å². The van der Waals surface area contributed by atoms with Gasteiger partial charge < -0.3 is 10.0 Å². The van der Waals surface area contributed by atoms with Crippen molar-refractivity contribution >= 4 is 23.4 Å². The van der Waals surface area contributed by atoms with Gasteiger partial charge >= 0.3 is 5.97 Å². The van der Waals surface area contributed by atoms with Crippen molar-refractivity contribution in [2.45, 2.75) is 57.5 Å². The van der Waals surface area contributed by atoms with E-state index in [1.54, 1.807) is 4.90 Å². The lowest BCUT2D eigenvalue weighted by Gasteiger charge is -2.32. The highest BCUT2D eigenvalue weighted by molar-refractivity contribution is 7.08. The Bertz CT molecular complexity index is 559. The first-order valence-electron chi connectivity index (χ1n) is 7.50. The van der Waals surface area contributed by atoms with Gasteiger partial charge in [0.05, 0.1) is 5.69 Å². The van der Waals surface area contributed by atoms with E-state index in [0.29, 0.717) is 29.3 Å². The first kappa shape index (κ1) is 14.4. The highest BCUT2D eigenvalue weighted by Gasteiger charge is 2.48. The molecule has 1 aliphatic carbocycles. The summed E-state index contributed by atoms with van der Waals surface area (Å²) in [4.78, 5) is 26.5. The van der Waals surface area contributed by atoms with Crippen molar-refractivity contribution in [1.29, 1.82) is 0 Å². The molecule has 6 nitrogen and oxygen atoms in total. The van der Waals surface area contributed by atoms with Crippen LogP contribution in [0.5, 0.6) is 0 Å². The summed E-state index contributed by atoms with van der Waals surface area (Å²) in [7, 11) is 0. The number of fused-ring (bicyclic) bond motifs is 1.